The third kappa shape index (κ3) is 4.60. The molecule has 2 aromatic rings. The highest BCUT2D eigenvalue weighted by atomic mass is 16.5. The van der Waals surface area contributed by atoms with E-state index in [1.54, 1.807) is 24.3 Å². The van der Waals surface area contributed by atoms with E-state index in [4.69, 9.17) is 4.74 Å². The Hall–Kier alpha value is -2.80. The fourth-order valence-electron chi connectivity index (χ4n) is 2.68. The summed E-state index contributed by atoms with van der Waals surface area (Å²) in [6.45, 7) is 0.247. The first-order valence-corrected chi connectivity index (χ1v) is 7.73. The fourth-order valence-corrected chi connectivity index (χ4v) is 2.68. The summed E-state index contributed by atoms with van der Waals surface area (Å²) in [7, 11) is 5.49. The lowest BCUT2D eigenvalue weighted by molar-refractivity contribution is -0.873. The Labute approximate surface area is 145 Å². The number of carbonyl (C=O) groups excluding carboxylic acids is 2. The van der Waals surface area contributed by atoms with Gasteiger partial charge in [-0.1, -0.05) is 24.3 Å². The molecular weight excluding hydrogens is 326 g/mol. The second-order valence-electron chi connectivity index (χ2n) is 6.92. The normalized spacial score (nSPS) is 12.8. The summed E-state index contributed by atoms with van der Waals surface area (Å²) in [5, 5.41) is 31.9. The molecule has 0 aliphatic rings. The van der Waals surface area contributed by atoms with E-state index in [0.717, 1.165) is 0 Å². The Balaban J connectivity index is 2.40. The third-order valence-electron chi connectivity index (χ3n) is 3.63. The van der Waals surface area contributed by atoms with Crippen molar-refractivity contribution >= 4 is 22.7 Å². The molecule has 0 fully saturated rings. The Morgan fingerprint density at radius 1 is 1.20 bits per heavy atom. The minimum absolute atomic E-state index is 0.194. The van der Waals surface area contributed by atoms with Crippen molar-refractivity contribution < 1.29 is 34.1 Å². The van der Waals surface area contributed by atoms with Crippen LogP contribution < -0.4 is 5.11 Å². The van der Waals surface area contributed by atoms with E-state index in [0.29, 0.717) is 15.3 Å². The van der Waals surface area contributed by atoms with E-state index in [9.17, 15) is 24.9 Å². The molecular formula is C18H21NO6. The van der Waals surface area contributed by atoms with Crippen LogP contribution in [-0.4, -0.2) is 60.4 Å². The quantitative estimate of drug-likeness (QED) is 0.451. The molecule has 0 amide bonds. The number of quaternary nitrogens is 1. The number of phenolic OH excluding ortho intramolecular Hbond substituents is 2. The second kappa shape index (κ2) is 6.98. The topological polar surface area (TPSA) is 107 Å². The predicted octanol–water partition coefficient (Wildman–Crippen LogP) is 0.623. The maximum absolute atomic E-state index is 12.6. The number of nitrogens with zero attached hydrogens (tertiary/aromatic N) is 1. The number of likely N-dealkylation sites (N-methyl/N-ethyl adjacent to an activating group) is 1. The molecule has 0 aliphatic carbocycles. The number of carboxylic acid groups (broad SMARTS) is 1. The van der Waals surface area contributed by atoms with Gasteiger partial charge in [-0.15, -0.1) is 0 Å². The first-order valence-electron chi connectivity index (χ1n) is 7.73. The van der Waals surface area contributed by atoms with Gasteiger partial charge in [-0.05, 0) is 11.5 Å². The van der Waals surface area contributed by atoms with Crippen molar-refractivity contribution in [2.75, 3.05) is 27.7 Å². The number of hydrogen-bond donors (Lipinski definition) is 2. The van der Waals surface area contributed by atoms with Gasteiger partial charge in [0, 0.05) is 17.8 Å². The number of aromatic hydroxyl groups is 2. The number of aliphatic carboxylic acids is 1. The molecule has 0 radical (unpaired) electrons. The number of carbonyl (C=O) groups is 2. The molecule has 0 aromatic heterocycles. The summed E-state index contributed by atoms with van der Waals surface area (Å²) < 4.78 is 5.69. The van der Waals surface area contributed by atoms with Crippen molar-refractivity contribution in [3.63, 3.8) is 0 Å². The molecule has 2 N–H and O–H groups in total. The Bertz CT molecular complexity index is 809. The van der Waals surface area contributed by atoms with E-state index in [2.05, 4.69) is 0 Å². The van der Waals surface area contributed by atoms with Gasteiger partial charge in [-0.3, -0.25) is 0 Å². The van der Waals surface area contributed by atoms with E-state index in [1.807, 2.05) is 21.1 Å². The summed E-state index contributed by atoms with van der Waals surface area (Å²) in [6.07, 6.45) is -1.39. The highest BCUT2D eigenvalue weighted by Gasteiger charge is 2.26. The van der Waals surface area contributed by atoms with Crippen LogP contribution in [0.4, 0.5) is 0 Å². The van der Waals surface area contributed by atoms with Crippen molar-refractivity contribution in [1.29, 1.82) is 0 Å². The molecule has 0 saturated heterocycles. The molecule has 2 aromatic carbocycles. The van der Waals surface area contributed by atoms with Gasteiger partial charge in [0.15, 0.2) is 17.6 Å². The number of fused-ring (bicyclic) bond motifs is 1. The zero-order valence-corrected chi connectivity index (χ0v) is 14.4. The van der Waals surface area contributed by atoms with Crippen molar-refractivity contribution in [3.8, 4) is 11.5 Å². The number of esters is 1. The van der Waals surface area contributed by atoms with Crippen LogP contribution in [0.2, 0.25) is 0 Å². The van der Waals surface area contributed by atoms with Gasteiger partial charge in [0.2, 0.25) is 0 Å². The van der Waals surface area contributed by atoms with E-state index in [-0.39, 0.29) is 12.1 Å². The van der Waals surface area contributed by atoms with Crippen molar-refractivity contribution in [3.05, 3.63) is 35.9 Å². The average Bonchev–Trinajstić information content (AvgIpc) is 2.45. The van der Waals surface area contributed by atoms with Crippen LogP contribution in [0.1, 0.15) is 16.8 Å². The molecule has 1 atom stereocenters. The van der Waals surface area contributed by atoms with Crippen LogP contribution >= 0.6 is 0 Å². The molecule has 0 spiro atoms. The number of ether oxygens (including phenoxy) is 1. The maximum atomic E-state index is 12.6. The smallest absolute Gasteiger partial charge is 0.343 e. The lowest BCUT2D eigenvalue weighted by atomic mass is 10.0. The van der Waals surface area contributed by atoms with Crippen LogP contribution in [0, 0.1) is 0 Å². The van der Waals surface area contributed by atoms with Gasteiger partial charge in [0.05, 0.1) is 21.1 Å². The van der Waals surface area contributed by atoms with Crippen LogP contribution in [0.15, 0.2) is 30.3 Å². The van der Waals surface area contributed by atoms with Gasteiger partial charge in [0.25, 0.3) is 0 Å². The van der Waals surface area contributed by atoms with Gasteiger partial charge in [-0.25, -0.2) is 4.79 Å². The van der Waals surface area contributed by atoms with Crippen molar-refractivity contribution in [1.82, 2.24) is 0 Å². The molecule has 134 valence electrons. The first-order chi connectivity index (χ1) is 11.6. The Morgan fingerprint density at radius 2 is 1.84 bits per heavy atom. The minimum Gasteiger partial charge on any atom is -0.550 e. The summed E-state index contributed by atoms with van der Waals surface area (Å²) in [5.74, 6) is -3.28. The van der Waals surface area contributed by atoms with Crippen LogP contribution in [0.25, 0.3) is 10.8 Å². The number of hydrogen-bond acceptors (Lipinski definition) is 6. The number of carboxylic acids is 1. The maximum Gasteiger partial charge on any atom is 0.343 e. The Morgan fingerprint density at radius 3 is 2.44 bits per heavy atom. The minimum atomic E-state index is -1.34. The van der Waals surface area contributed by atoms with E-state index < -0.39 is 36.0 Å². The van der Waals surface area contributed by atoms with Crippen LogP contribution in [0.3, 0.4) is 0 Å². The molecule has 25 heavy (non-hydrogen) atoms. The van der Waals surface area contributed by atoms with Crippen LogP contribution in [0.5, 0.6) is 11.5 Å². The molecule has 0 bridgehead atoms. The van der Waals surface area contributed by atoms with Gasteiger partial charge in [0.1, 0.15) is 12.1 Å². The molecule has 7 heteroatoms. The molecule has 2 rings (SSSR count). The number of rotatable bonds is 6. The average molecular weight is 347 g/mol. The van der Waals surface area contributed by atoms with Crippen LogP contribution in [-0.2, 0) is 9.53 Å². The molecule has 0 heterocycles. The highest BCUT2D eigenvalue weighted by molar-refractivity contribution is 6.08. The Kier molecular flexibility index (Phi) is 5.18. The summed E-state index contributed by atoms with van der Waals surface area (Å²) >= 11 is 0. The molecule has 0 unspecified atom stereocenters. The summed E-state index contributed by atoms with van der Waals surface area (Å²) in [5.41, 5.74) is -0.194. The second-order valence-corrected chi connectivity index (χ2v) is 6.92. The lowest BCUT2D eigenvalue weighted by Gasteiger charge is -2.29. The van der Waals surface area contributed by atoms with Gasteiger partial charge >= 0.3 is 5.97 Å². The van der Waals surface area contributed by atoms with E-state index >= 15 is 0 Å². The van der Waals surface area contributed by atoms with Gasteiger partial charge in [-0.2, -0.15) is 0 Å². The predicted molar refractivity (Wildman–Crippen MR) is 89.0 cm³/mol. The molecule has 0 aliphatic heterocycles. The van der Waals surface area contributed by atoms with E-state index in [1.165, 1.54) is 6.07 Å². The fraction of sp³-hybridized carbons (Fsp3) is 0.333. The molecule has 7 nitrogen and oxygen atoms in total. The monoisotopic (exact) mass is 347 g/mol. The third-order valence-corrected chi connectivity index (χ3v) is 3.63. The van der Waals surface area contributed by atoms with Crippen molar-refractivity contribution in [2.24, 2.45) is 0 Å². The molecule has 0 saturated carbocycles. The number of phenols is 2. The van der Waals surface area contributed by atoms with Crippen molar-refractivity contribution in [2.45, 2.75) is 12.5 Å². The largest absolute Gasteiger partial charge is 0.550 e. The summed E-state index contributed by atoms with van der Waals surface area (Å²) in [4.78, 5) is 23.5. The zero-order valence-electron chi connectivity index (χ0n) is 14.4. The SMILES string of the molecule is C[N+](C)(C)C[C@@H](CC(=O)[O-])OC(=O)c1c(O)c(O)cc2ccccc12. The lowest BCUT2D eigenvalue weighted by Crippen LogP contribution is -2.45. The highest BCUT2D eigenvalue weighted by Crippen LogP contribution is 2.36. The number of benzene rings is 2. The first kappa shape index (κ1) is 18.5. The standard InChI is InChI=1S/C18H21NO6/c1-19(2,3)10-12(9-15(21)22)25-18(24)16-13-7-5-4-6-11(13)8-14(20)17(16)23/h4-8,12H,9-10H2,1-3H3,(H2-,20,21,22,23,24)/t12-/m1/s1. The summed E-state index contributed by atoms with van der Waals surface area (Å²) in [6, 6.07) is 8.03. The van der Waals surface area contributed by atoms with Gasteiger partial charge < -0.3 is 29.3 Å². The zero-order chi connectivity index (χ0) is 18.8.